The van der Waals surface area contributed by atoms with E-state index in [1.54, 1.807) is 0 Å². The molecule has 4 heteroatoms. The van der Waals surface area contributed by atoms with Crippen LogP contribution in [0.3, 0.4) is 0 Å². The lowest BCUT2D eigenvalue weighted by atomic mass is 10.1. The Bertz CT molecular complexity index is 613. The quantitative estimate of drug-likeness (QED) is 0.855. The highest BCUT2D eigenvalue weighted by Crippen LogP contribution is 2.21. The Morgan fingerprint density at radius 2 is 1.86 bits per heavy atom. The van der Waals surface area contributed by atoms with Crippen LogP contribution in [0, 0.1) is 6.92 Å². The molecular formula is C17H19ClN2O. The Kier molecular flexibility index (Phi) is 5.23. The standard InChI is InChI=1S/C17H19ClN2O/c1-3-16(17(21)20-13-7-5-4-6-8-13)19-14-10-9-12(2)15(18)11-14/h4-11,16,19H,3H2,1-2H3,(H,20,21)/t16-/m1/s1. The molecule has 3 nitrogen and oxygen atoms in total. The van der Waals surface area contributed by atoms with Gasteiger partial charge in [0.2, 0.25) is 5.91 Å². The van der Waals surface area contributed by atoms with Gasteiger partial charge in [0.1, 0.15) is 6.04 Å². The summed E-state index contributed by atoms with van der Waals surface area (Å²) in [5, 5.41) is 6.82. The maximum absolute atomic E-state index is 12.3. The number of anilines is 2. The smallest absolute Gasteiger partial charge is 0.246 e. The van der Waals surface area contributed by atoms with Gasteiger partial charge < -0.3 is 10.6 Å². The molecule has 0 aliphatic rings. The van der Waals surface area contributed by atoms with Gasteiger partial charge >= 0.3 is 0 Å². The second-order valence-electron chi connectivity index (χ2n) is 4.92. The van der Waals surface area contributed by atoms with Crippen LogP contribution in [0.5, 0.6) is 0 Å². The van der Waals surface area contributed by atoms with Crippen molar-refractivity contribution < 1.29 is 4.79 Å². The summed E-state index contributed by atoms with van der Waals surface area (Å²) in [6, 6.07) is 14.8. The van der Waals surface area contributed by atoms with Gasteiger partial charge in [-0.25, -0.2) is 0 Å². The number of benzene rings is 2. The predicted molar refractivity (Wildman–Crippen MR) is 89.0 cm³/mol. The largest absolute Gasteiger partial charge is 0.374 e. The number of nitrogens with one attached hydrogen (secondary N) is 2. The third-order valence-electron chi connectivity index (χ3n) is 3.28. The van der Waals surface area contributed by atoms with Gasteiger partial charge in [-0.1, -0.05) is 42.8 Å². The molecule has 0 aromatic heterocycles. The minimum Gasteiger partial charge on any atom is -0.374 e. The monoisotopic (exact) mass is 302 g/mol. The van der Waals surface area contributed by atoms with Gasteiger partial charge in [0.15, 0.2) is 0 Å². The number of halogens is 1. The summed E-state index contributed by atoms with van der Waals surface area (Å²) in [6.07, 6.45) is 0.685. The normalized spacial score (nSPS) is 11.8. The van der Waals surface area contributed by atoms with Gasteiger partial charge in [-0.3, -0.25) is 4.79 Å². The van der Waals surface area contributed by atoms with Crippen LogP contribution in [0.25, 0.3) is 0 Å². The van der Waals surface area contributed by atoms with E-state index in [1.807, 2.05) is 62.4 Å². The molecule has 0 aliphatic heterocycles. The molecule has 0 saturated heterocycles. The van der Waals surface area contributed by atoms with Crippen LogP contribution in [0.15, 0.2) is 48.5 Å². The molecular weight excluding hydrogens is 284 g/mol. The summed E-state index contributed by atoms with van der Waals surface area (Å²) >= 11 is 6.11. The average Bonchev–Trinajstić information content (AvgIpc) is 2.49. The van der Waals surface area contributed by atoms with Crippen molar-refractivity contribution in [3.05, 3.63) is 59.1 Å². The number of aryl methyl sites for hydroxylation is 1. The van der Waals surface area contributed by atoms with Crippen molar-refractivity contribution in [2.75, 3.05) is 10.6 Å². The van der Waals surface area contributed by atoms with Crippen LogP contribution in [0.1, 0.15) is 18.9 Å². The van der Waals surface area contributed by atoms with Crippen molar-refractivity contribution in [2.45, 2.75) is 26.3 Å². The molecule has 110 valence electrons. The van der Waals surface area contributed by atoms with Gasteiger partial charge in [-0.2, -0.15) is 0 Å². The first-order valence-corrected chi connectivity index (χ1v) is 7.36. The van der Waals surface area contributed by atoms with E-state index in [0.29, 0.717) is 11.4 Å². The lowest BCUT2D eigenvalue weighted by molar-refractivity contribution is -0.116. The Hall–Kier alpha value is -2.00. The van der Waals surface area contributed by atoms with Gasteiger partial charge in [0, 0.05) is 16.4 Å². The lowest BCUT2D eigenvalue weighted by Crippen LogP contribution is -2.34. The Morgan fingerprint density at radius 3 is 2.48 bits per heavy atom. The highest BCUT2D eigenvalue weighted by molar-refractivity contribution is 6.31. The first-order chi connectivity index (χ1) is 10.1. The molecule has 2 N–H and O–H groups in total. The van der Waals surface area contributed by atoms with E-state index in [4.69, 9.17) is 11.6 Å². The van der Waals surface area contributed by atoms with Crippen LogP contribution in [0.2, 0.25) is 5.02 Å². The first-order valence-electron chi connectivity index (χ1n) is 6.98. The van der Waals surface area contributed by atoms with Crippen LogP contribution in [-0.4, -0.2) is 11.9 Å². The van der Waals surface area contributed by atoms with E-state index >= 15 is 0 Å². The fraction of sp³-hybridized carbons (Fsp3) is 0.235. The fourth-order valence-electron chi connectivity index (χ4n) is 1.99. The summed E-state index contributed by atoms with van der Waals surface area (Å²) in [4.78, 5) is 12.3. The SMILES string of the molecule is CC[C@@H](Nc1ccc(C)c(Cl)c1)C(=O)Nc1ccccc1. The molecule has 1 amide bonds. The zero-order chi connectivity index (χ0) is 15.2. The molecule has 0 radical (unpaired) electrons. The summed E-state index contributed by atoms with van der Waals surface area (Å²) in [7, 11) is 0. The fourth-order valence-corrected chi connectivity index (χ4v) is 2.17. The summed E-state index contributed by atoms with van der Waals surface area (Å²) in [5.41, 5.74) is 2.66. The molecule has 0 unspecified atom stereocenters. The maximum atomic E-state index is 12.3. The van der Waals surface area contributed by atoms with Crippen molar-refractivity contribution in [3.63, 3.8) is 0 Å². The molecule has 21 heavy (non-hydrogen) atoms. The Morgan fingerprint density at radius 1 is 1.14 bits per heavy atom. The van der Waals surface area contributed by atoms with E-state index < -0.39 is 0 Å². The Labute approximate surface area is 130 Å². The highest BCUT2D eigenvalue weighted by Gasteiger charge is 2.16. The zero-order valence-electron chi connectivity index (χ0n) is 12.2. The minimum absolute atomic E-state index is 0.0552. The number of carbonyl (C=O) groups excluding carboxylic acids is 1. The van der Waals surface area contributed by atoms with Gasteiger partial charge in [-0.15, -0.1) is 0 Å². The summed E-state index contributed by atoms with van der Waals surface area (Å²) < 4.78 is 0. The third kappa shape index (κ3) is 4.23. The third-order valence-corrected chi connectivity index (χ3v) is 3.69. The number of hydrogen-bond acceptors (Lipinski definition) is 2. The molecule has 0 heterocycles. The van der Waals surface area contributed by atoms with Crippen LogP contribution < -0.4 is 10.6 Å². The van der Waals surface area contributed by atoms with Gasteiger partial charge in [0.25, 0.3) is 0 Å². The van der Waals surface area contributed by atoms with E-state index in [9.17, 15) is 4.79 Å². The molecule has 0 bridgehead atoms. The summed E-state index contributed by atoms with van der Waals surface area (Å²) in [5.74, 6) is -0.0552. The number of rotatable bonds is 5. The van der Waals surface area contributed by atoms with Crippen molar-refractivity contribution >= 4 is 28.9 Å². The van der Waals surface area contributed by atoms with Crippen LogP contribution in [-0.2, 0) is 4.79 Å². The van der Waals surface area contributed by atoms with Crippen molar-refractivity contribution in [3.8, 4) is 0 Å². The lowest BCUT2D eigenvalue weighted by Gasteiger charge is -2.18. The highest BCUT2D eigenvalue weighted by atomic mass is 35.5. The molecule has 2 aromatic rings. The molecule has 0 saturated carbocycles. The van der Waals surface area contributed by atoms with Gasteiger partial charge in [-0.05, 0) is 43.2 Å². The Balaban J connectivity index is 2.05. The number of carbonyl (C=O) groups is 1. The first kappa shape index (κ1) is 15.4. The van der Waals surface area contributed by atoms with E-state index in [-0.39, 0.29) is 11.9 Å². The predicted octanol–water partition coefficient (Wildman–Crippen LogP) is 4.48. The second kappa shape index (κ2) is 7.14. The van der Waals surface area contributed by atoms with Crippen LogP contribution >= 0.6 is 11.6 Å². The molecule has 1 atom stereocenters. The van der Waals surface area contributed by atoms with E-state index in [2.05, 4.69) is 10.6 Å². The number of hydrogen-bond donors (Lipinski definition) is 2. The second-order valence-corrected chi connectivity index (χ2v) is 5.33. The molecule has 2 rings (SSSR count). The zero-order valence-corrected chi connectivity index (χ0v) is 12.9. The van der Waals surface area contributed by atoms with Crippen molar-refractivity contribution in [2.24, 2.45) is 0 Å². The average molecular weight is 303 g/mol. The van der Waals surface area contributed by atoms with Crippen molar-refractivity contribution in [1.29, 1.82) is 0 Å². The molecule has 0 aliphatic carbocycles. The number of amides is 1. The summed E-state index contributed by atoms with van der Waals surface area (Å²) in [6.45, 7) is 3.92. The van der Waals surface area contributed by atoms with Crippen LogP contribution in [0.4, 0.5) is 11.4 Å². The van der Waals surface area contributed by atoms with E-state index in [1.165, 1.54) is 0 Å². The van der Waals surface area contributed by atoms with Gasteiger partial charge in [0.05, 0.1) is 0 Å². The maximum Gasteiger partial charge on any atom is 0.246 e. The molecule has 2 aromatic carbocycles. The van der Waals surface area contributed by atoms with E-state index in [0.717, 1.165) is 16.9 Å². The minimum atomic E-state index is -0.302. The molecule has 0 spiro atoms. The number of para-hydroxylation sites is 1. The topological polar surface area (TPSA) is 41.1 Å². The van der Waals surface area contributed by atoms with Crippen molar-refractivity contribution in [1.82, 2.24) is 0 Å². The molecule has 0 fully saturated rings.